The largest absolute Gasteiger partial charge is 0.324 e. The van der Waals surface area contributed by atoms with Crippen LogP contribution in [0.1, 0.15) is 18.4 Å². The number of hydrogen-bond acceptors (Lipinski definition) is 2. The Balaban J connectivity index is 1.89. The molecule has 1 aliphatic rings. The smallest absolute Gasteiger partial charge is 0.244 e. The number of benzene rings is 2. The van der Waals surface area contributed by atoms with Crippen molar-refractivity contribution in [3.63, 3.8) is 0 Å². The standard InChI is InChI=1S/C15H16N2O/c1-10-2-3-12-9-13(5-4-11(12)8-10)17-14(18)15(16)6-7-15/h2-5,8-9H,6-7,16H2,1H3,(H,17,18). The molecule has 3 rings (SSSR count). The highest BCUT2D eigenvalue weighted by atomic mass is 16.2. The lowest BCUT2D eigenvalue weighted by molar-refractivity contribution is -0.118. The van der Waals surface area contributed by atoms with Crippen molar-refractivity contribution in [1.82, 2.24) is 0 Å². The molecule has 1 aliphatic carbocycles. The first-order valence-corrected chi connectivity index (χ1v) is 6.18. The second-order valence-electron chi connectivity index (χ2n) is 5.18. The first-order valence-electron chi connectivity index (χ1n) is 6.18. The predicted octanol–water partition coefficient (Wildman–Crippen LogP) is 2.58. The Morgan fingerprint density at radius 2 is 1.83 bits per heavy atom. The Bertz CT molecular complexity index is 629. The Labute approximate surface area is 106 Å². The van der Waals surface area contributed by atoms with Crippen LogP contribution in [0.15, 0.2) is 36.4 Å². The van der Waals surface area contributed by atoms with Crippen molar-refractivity contribution >= 4 is 22.4 Å². The molecule has 2 aromatic carbocycles. The van der Waals surface area contributed by atoms with E-state index in [1.165, 1.54) is 10.9 Å². The number of nitrogens with two attached hydrogens (primary N) is 1. The second-order valence-corrected chi connectivity index (χ2v) is 5.18. The highest BCUT2D eigenvalue weighted by Gasteiger charge is 2.45. The number of fused-ring (bicyclic) bond motifs is 1. The Hall–Kier alpha value is -1.87. The number of carbonyl (C=O) groups is 1. The molecule has 2 aromatic rings. The van der Waals surface area contributed by atoms with E-state index in [-0.39, 0.29) is 5.91 Å². The summed E-state index contributed by atoms with van der Waals surface area (Å²) in [7, 11) is 0. The zero-order valence-corrected chi connectivity index (χ0v) is 10.4. The third-order valence-corrected chi connectivity index (χ3v) is 3.49. The molecule has 0 heterocycles. The third kappa shape index (κ3) is 1.97. The number of nitrogens with one attached hydrogen (secondary N) is 1. The number of anilines is 1. The van der Waals surface area contributed by atoms with Gasteiger partial charge in [0.25, 0.3) is 0 Å². The van der Waals surface area contributed by atoms with Crippen molar-refractivity contribution in [2.75, 3.05) is 5.32 Å². The summed E-state index contributed by atoms with van der Waals surface area (Å²) >= 11 is 0. The van der Waals surface area contributed by atoms with Crippen LogP contribution in [0.4, 0.5) is 5.69 Å². The van der Waals surface area contributed by atoms with E-state index in [0.717, 1.165) is 23.9 Å². The number of rotatable bonds is 2. The predicted molar refractivity (Wildman–Crippen MR) is 73.5 cm³/mol. The molecule has 0 aliphatic heterocycles. The summed E-state index contributed by atoms with van der Waals surface area (Å²) in [4.78, 5) is 11.9. The molecule has 0 atom stereocenters. The Kier molecular flexibility index (Phi) is 2.38. The summed E-state index contributed by atoms with van der Waals surface area (Å²) in [5.41, 5.74) is 7.28. The summed E-state index contributed by atoms with van der Waals surface area (Å²) in [5, 5.41) is 5.19. The highest BCUT2D eigenvalue weighted by molar-refractivity contribution is 6.01. The summed E-state index contributed by atoms with van der Waals surface area (Å²) in [6.07, 6.45) is 1.57. The maximum atomic E-state index is 11.9. The number of carbonyl (C=O) groups excluding carboxylic acids is 1. The molecule has 3 nitrogen and oxygen atoms in total. The van der Waals surface area contributed by atoms with E-state index < -0.39 is 5.54 Å². The summed E-state index contributed by atoms with van der Waals surface area (Å²) in [6.45, 7) is 2.07. The molecular weight excluding hydrogens is 224 g/mol. The number of amides is 1. The summed E-state index contributed by atoms with van der Waals surface area (Å²) < 4.78 is 0. The van der Waals surface area contributed by atoms with Crippen LogP contribution in [-0.4, -0.2) is 11.4 Å². The van der Waals surface area contributed by atoms with Crippen LogP contribution in [0.3, 0.4) is 0 Å². The van der Waals surface area contributed by atoms with E-state index in [1.807, 2.05) is 18.2 Å². The van der Waals surface area contributed by atoms with Gasteiger partial charge in [0.1, 0.15) is 0 Å². The van der Waals surface area contributed by atoms with E-state index in [9.17, 15) is 4.79 Å². The van der Waals surface area contributed by atoms with Crippen LogP contribution in [-0.2, 0) is 4.79 Å². The minimum atomic E-state index is -0.623. The normalized spacial score (nSPS) is 16.6. The van der Waals surface area contributed by atoms with E-state index in [0.29, 0.717) is 0 Å². The zero-order chi connectivity index (χ0) is 12.8. The maximum absolute atomic E-state index is 11.9. The maximum Gasteiger partial charge on any atom is 0.244 e. The van der Waals surface area contributed by atoms with E-state index in [4.69, 9.17) is 5.73 Å². The molecule has 0 saturated heterocycles. The zero-order valence-electron chi connectivity index (χ0n) is 10.4. The van der Waals surface area contributed by atoms with Crippen LogP contribution in [0.5, 0.6) is 0 Å². The first-order chi connectivity index (χ1) is 8.57. The monoisotopic (exact) mass is 240 g/mol. The lowest BCUT2D eigenvalue weighted by Crippen LogP contribution is -2.37. The highest BCUT2D eigenvalue weighted by Crippen LogP contribution is 2.33. The Morgan fingerprint density at radius 3 is 2.56 bits per heavy atom. The van der Waals surface area contributed by atoms with Crippen molar-refractivity contribution in [2.24, 2.45) is 5.73 Å². The minimum Gasteiger partial charge on any atom is -0.324 e. The fraction of sp³-hybridized carbons (Fsp3) is 0.267. The quantitative estimate of drug-likeness (QED) is 0.847. The molecule has 0 spiro atoms. The van der Waals surface area contributed by atoms with Crippen LogP contribution >= 0.6 is 0 Å². The van der Waals surface area contributed by atoms with Gasteiger partial charge in [0.2, 0.25) is 5.91 Å². The Morgan fingerprint density at radius 1 is 1.17 bits per heavy atom. The number of hydrogen-bond donors (Lipinski definition) is 2. The lowest BCUT2D eigenvalue weighted by Gasteiger charge is -2.10. The molecule has 18 heavy (non-hydrogen) atoms. The molecule has 0 bridgehead atoms. The SMILES string of the molecule is Cc1ccc2cc(NC(=O)C3(N)CC3)ccc2c1. The topological polar surface area (TPSA) is 55.1 Å². The molecular formula is C15H16N2O. The van der Waals surface area contributed by atoms with Gasteiger partial charge in [-0.25, -0.2) is 0 Å². The lowest BCUT2D eigenvalue weighted by atomic mass is 10.1. The molecule has 3 N–H and O–H groups in total. The van der Waals surface area contributed by atoms with Crippen LogP contribution in [0.25, 0.3) is 10.8 Å². The van der Waals surface area contributed by atoms with Gasteiger partial charge in [-0.1, -0.05) is 29.8 Å². The van der Waals surface area contributed by atoms with E-state index in [1.54, 1.807) is 0 Å². The third-order valence-electron chi connectivity index (χ3n) is 3.49. The van der Waals surface area contributed by atoms with Gasteiger partial charge in [-0.15, -0.1) is 0 Å². The van der Waals surface area contributed by atoms with Gasteiger partial charge in [-0.3, -0.25) is 4.79 Å². The van der Waals surface area contributed by atoms with Gasteiger partial charge in [-0.2, -0.15) is 0 Å². The molecule has 1 saturated carbocycles. The van der Waals surface area contributed by atoms with E-state index >= 15 is 0 Å². The fourth-order valence-corrected chi connectivity index (χ4v) is 2.06. The fourth-order valence-electron chi connectivity index (χ4n) is 2.06. The van der Waals surface area contributed by atoms with Gasteiger partial charge >= 0.3 is 0 Å². The second kappa shape index (κ2) is 3.82. The van der Waals surface area contributed by atoms with Crippen LogP contribution in [0, 0.1) is 6.92 Å². The van der Waals surface area contributed by atoms with Gasteiger partial charge < -0.3 is 11.1 Å². The summed E-state index contributed by atoms with van der Waals surface area (Å²) in [5.74, 6) is -0.0750. The molecule has 0 radical (unpaired) electrons. The molecule has 92 valence electrons. The molecule has 1 fully saturated rings. The van der Waals surface area contributed by atoms with Gasteiger partial charge in [0.05, 0.1) is 5.54 Å². The average molecular weight is 240 g/mol. The number of aryl methyl sites for hydroxylation is 1. The van der Waals surface area contributed by atoms with E-state index in [2.05, 4.69) is 30.4 Å². The first kappa shape index (κ1) is 11.2. The molecule has 0 unspecified atom stereocenters. The van der Waals surface area contributed by atoms with Crippen molar-refractivity contribution in [3.8, 4) is 0 Å². The van der Waals surface area contributed by atoms with Crippen molar-refractivity contribution in [3.05, 3.63) is 42.0 Å². The van der Waals surface area contributed by atoms with Crippen molar-refractivity contribution in [1.29, 1.82) is 0 Å². The average Bonchev–Trinajstić information content (AvgIpc) is 3.09. The van der Waals surface area contributed by atoms with Gasteiger partial charge in [0.15, 0.2) is 0 Å². The van der Waals surface area contributed by atoms with Crippen LogP contribution in [0.2, 0.25) is 0 Å². The van der Waals surface area contributed by atoms with Gasteiger partial charge in [-0.05, 0) is 42.7 Å². The van der Waals surface area contributed by atoms with Crippen molar-refractivity contribution in [2.45, 2.75) is 25.3 Å². The summed E-state index contributed by atoms with van der Waals surface area (Å²) in [6, 6.07) is 12.2. The molecule has 3 heteroatoms. The van der Waals surface area contributed by atoms with Gasteiger partial charge in [0, 0.05) is 5.69 Å². The minimum absolute atomic E-state index is 0.0750. The van der Waals surface area contributed by atoms with Crippen LogP contribution < -0.4 is 11.1 Å². The molecule has 0 aromatic heterocycles. The van der Waals surface area contributed by atoms with Crippen molar-refractivity contribution < 1.29 is 4.79 Å². The molecule has 1 amide bonds.